The number of anilines is 1. The molecule has 1 aromatic carbocycles. The van der Waals surface area contributed by atoms with Crippen molar-refractivity contribution in [2.24, 2.45) is 11.7 Å². The van der Waals surface area contributed by atoms with E-state index in [-0.39, 0.29) is 6.04 Å². The van der Waals surface area contributed by atoms with Crippen molar-refractivity contribution in [3.8, 4) is 0 Å². The Kier molecular flexibility index (Phi) is 4.36. The predicted octanol–water partition coefficient (Wildman–Crippen LogP) is 2.84. The van der Waals surface area contributed by atoms with Crippen molar-refractivity contribution in [1.29, 1.82) is 0 Å². The van der Waals surface area contributed by atoms with Gasteiger partial charge >= 0.3 is 0 Å². The van der Waals surface area contributed by atoms with Gasteiger partial charge in [-0.15, -0.1) is 0 Å². The molecular weight excluding hydrogens is 196 g/mol. The Morgan fingerprint density at radius 1 is 1.00 bits per heavy atom. The molecule has 2 N–H and O–H groups in total. The molecule has 2 nitrogen and oxygen atoms in total. The average molecular weight is 220 g/mol. The quantitative estimate of drug-likeness (QED) is 0.845. The Balaban J connectivity index is 2.81. The third kappa shape index (κ3) is 2.99. The highest BCUT2D eigenvalue weighted by Gasteiger charge is 2.17. The monoisotopic (exact) mass is 220 g/mol. The smallest absolute Gasteiger partial charge is 0.0361 e. The molecule has 0 saturated carbocycles. The van der Waals surface area contributed by atoms with Gasteiger partial charge in [0.25, 0.3) is 0 Å². The highest BCUT2D eigenvalue weighted by molar-refractivity contribution is 5.46. The molecule has 0 heterocycles. The van der Waals surface area contributed by atoms with Crippen LogP contribution in [0.3, 0.4) is 0 Å². The van der Waals surface area contributed by atoms with Gasteiger partial charge in [0.15, 0.2) is 0 Å². The number of nitrogens with two attached hydrogens (primary N) is 1. The summed E-state index contributed by atoms with van der Waals surface area (Å²) in [6, 6.07) is 8.90. The second kappa shape index (κ2) is 5.35. The van der Waals surface area contributed by atoms with Crippen molar-refractivity contribution in [2.45, 2.75) is 32.7 Å². The lowest BCUT2D eigenvalue weighted by Gasteiger charge is -2.24. The van der Waals surface area contributed by atoms with Crippen molar-refractivity contribution < 1.29 is 0 Å². The molecule has 2 heteroatoms. The summed E-state index contributed by atoms with van der Waals surface area (Å²) in [5, 5.41) is 0. The van der Waals surface area contributed by atoms with E-state index in [4.69, 9.17) is 5.73 Å². The van der Waals surface area contributed by atoms with E-state index in [1.54, 1.807) is 0 Å². The minimum absolute atomic E-state index is 0.227. The van der Waals surface area contributed by atoms with Crippen molar-refractivity contribution in [3.05, 3.63) is 29.8 Å². The van der Waals surface area contributed by atoms with Crippen molar-refractivity contribution in [2.75, 3.05) is 19.0 Å². The van der Waals surface area contributed by atoms with Gasteiger partial charge in [0.05, 0.1) is 0 Å². The molecule has 16 heavy (non-hydrogen) atoms. The number of rotatable bonds is 4. The maximum Gasteiger partial charge on any atom is 0.0361 e. The summed E-state index contributed by atoms with van der Waals surface area (Å²) in [6.07, 6.45) is 0. The van der Waals surface area contributed by atoms with E-state index in [1.165, 1.54) is 11.3 Å². The SMILES string of the molecule is CC(C)C(N)C(C)c1ccc(N(C)C)cc1. The van der Waals surface area contributed by atoms with E-state index < -0.39 is 0 Å². The largest absolute Gasteiger partial charge is 0.378 e. The fourth-order valence-electron chi connectivity index (χ4n) is 1.88. The maximum atomic E-state index is 6.18. The molecular formula is C14H24N2. The van der Waals surface area contributed by atoms with Crippen molar-refractivity contribution in [1.82, 2.24) is 0 Å². The van der Waals surface area contributed by atoms with Crippen LogP contribution in [0.1, 0.15) is 32.3 Å². The van der Waals surface area contributed by atoms with Gasteiger partial charge in [-0.3, -0.25) is 0 Å². The highest BCUT2D eigenvalue weighted by Crippen LogP contribution is 2.24. The van der Waals surface area contributed by atoms with Crippen molar-refractivity contribution >= 4 is 5.69 Å². The number of benzene rings is 1. The molecule has 0 bridgehead atoms. The molecule has 0 aromatic heterocycles. The average Bonchev–Trinajstić information content (AvgIpc) is 2.27. The lowest BCUT2D eigenvalue weighted by molar-refractivity contribution is 0.434. The van der Waals surface area contributed by atoms with Crippen LogP contribution in [0.15, 0.2) is 24.3 Å². The lowest BCUT2D eigenvalue weighted by atomic mass is 9.87. The second-order valence-electron chi connectivity index (χ2n) is 5.10. The number of nitrogens with zero attached hydrogens (tertiary/aromatic N) is 1. The number of hydrogen-bond acceptors (Lipinski definition) is 2. The van der Waals surface area contributed by atoms with E-state index in [0.29, 0.717) is 11.8 Å². The summed E-state index contributed by atoms with van der Waals surface area (Å²) >= 11 is 0. The van der Waals surface area contributed by atoms with Crippen LogP contribution in [0, 0.1) is 5.92 Å². The van der Waals surface area contributed by atoms with Crippen LogP contribution in [-0.2, 0) is 0 Å². The van der Waals surface area contributed by atoms with E-state index in [1.807, 2.05) is 0 Å². The van der Waals surface area contributed by atoms with Crippen LogP contribution >= 0.6 is 0 Å². The summed E-state index contributed by atoms with van der Waals surface area (Å²) in [4.78, 5) is 2.11. The second-order valence-corrected chi connectivity index (χ2v) is 5.10. The van der Waals surface area contributed by atoms with Gasteiger partial charge in [-0.2, -0.15) is 0 Å². The van der Waals surface area contributed by atoms with Gasteiger partial charge in [0, 0.05) is 25.8 Å². The van der Waals surface area contributed by atoms with Crippen LogP contribution < -0.4 is 10.6 Å². The standard InChI is InChI=1S/C14H24N2/c1-10(2)14(15)11(3)12-6-8-13(9-7-12)16(4)5/h6-11,14H,15H2,1-5H3. The molecule has 0 aliphatic heterocycles. The van der Waals surface area contributed by atoms with E-state index >= 15 is 0 Å². The molecule has 0 aliphatic carbocycles. The minimum Gasteiger partial charge on any atom is -0.378 e. The number of hydrogen-bond donors (Lipinski definition) is 1. The molecule has 1 aromatic rings. The first kappa shape index (κ1) is 13.0. The zero-order valence-corrected chi connectivity index (χ0v) is 11.1. The molecule has 0 radical (unpaired) electrons. The summed E-state index contributed by atoms with van der Waals surface area (Å²) in [5.41, 5.74) is 8.74. The predicted molar refractivity (Wildman–Crippen MR) is 72.0 cm³/mol. The van der Waals surface area contributed by atoms with Gasteiger partial charge in [-0.1, -0.05) is 32.9 Å². The minimum atomic E-state index is 0.227. The molecule has 0 saturated heterocycles. The Labute approximate surface area is 99.5 Å². The van der Waals surface area contributed by atoms with Gasteiger partial charge < -0.3 is 10.6 Å². The zero-order chi connectivity index (χ0) is 12.3. The third-order valence-electron chi connectivity index (χ3n) is 3.28. The lowest BCUT2D eigenvalue weighted by Crippen LogP contribution is -2.32. The van der Waals surface area contributed by atoms with Crippen LogP contribution in [0.2, 0.25) is 0 Å². The van der Waals surface area contributed by atoms with Crippen LogP contribution in [0.4, 0.5) is 5.69 Å². The van der Waals surface area contributed by atoms with E-state index in [0.717, 1.165) is 0 Å². The van der Waals surface area contributed by atoms with Gasteiger partial charge in [0.1, 0.15) is 0 Å². The fraction of sp³-hybridized carbons (Fsp3) is 0.571. The topological polar surface area (TPSA) is 29.3 Å². The third-order valence-corrected chi connectivity index (χ3v) is 3.28. The first-order valence-corrected chi connectivity index (χ1v) is 5.96. The van der Waals surface area contributed by atoms with Gasteiger partial charge in [-0.25, -0.2) is 0 Å². The highest BCUT2D eigenvalue weighted by atomic mass is 15.1. The van der Waals surface area contributed by atoms with Crippen LogP contribution in [0.25, 0.3) is 0 Å². The molecule has 0 amide bonds. The molecule has 0 fully saturated rings. The Bertz CT molecular complexity index is 314. The Hall–Kier alpha value is -1.02. The summed E-state index contributed by atoms with van der Waals surface area (Å²) in [5.74, 6) is 0.930. The molecule has 2 unspecified atom stereocenters. The summed E-state index contributed by atoms with van der Waals surface area (Å²) in [6.45, 7) is 6.56. The molecule has 2 atom stereocenters. The fourth-order valence-corrected chi connectivity index (χ4v) is 1.88. The van der Waals surface area contributed by atoms with Gasteiger partial charge in [0.2, 0.25) is 0 Å². The van der Waals surface area contributed by atoms with E-state index in [9.17, 15) is 0 Å². The summed E-state index contributed by atoms with van der Waals surface area (Å²) < 4.78 is 0. The Morgan fingerprint density at radius 2 is 1.50 bits per heavy atom. The van der Waals surface area contributed by atoms with E-state index in [2.05, 4.69) is 64.0 Å². The normalized spacial score (nSPS) is 14.9. The molecule has 0 spiro atoms. The molecule has 90 valence electrons. The molecule has 1 rings (SSSR count). The van der Waals surface area contributed by atoms with Crippen LogP contribution in [0.5, 0.6) is 0 Å². The zero-order valence-electron chi connectivity index (χ0n) is 11.1. The Morgan fingerprint density at radius 3 is 1.88 bits per heavy atom. The summed E-state index contributed by atoms with van der Waals surface area (Å²) in [7, 11) is 4.11. The first-order chi connectivity index (χ1) is 7.43. The van der Waals surface area contributed by atoms with Crippen molar-refractivity contribution in [3.63, 3.8) is 0 Å². The van der Waals surface area contributed by atoms with Gasteiger partial charge in [-0.05, 0) is 29.5 Å². The maximum absolute atomic E-state index is 6.18. The van der Waals surface area contributed by atoms with Crippen LogP contribution in [-0.4, -0.2) is 20.1 Å². The first-order valence-electron chi connectivity index (χ1n) is 5.96. The molecule has 0 aliphatic rings.